The number of imide groups is 1. The van der Waals surface area contributed by atoms with Crippen molar-refractivity contribution in [3.05, 3.63) is 0 Å². The highest BCUT2D eigenvalue weighted by molar-refractivity contribution is 6.19. The molecule has 3 amide bonds. The molecule has 0 rings (SSSR count). The molecule has 0 aromatic carbocycles. The van der Waals surface area contributed by atoms with Crippen LogP contribution in [0.2, 0.25) is 0 Å². The number of halogens is 1. The molecule has 0 aromatic heterocycles. The van der Waals surface area contributed by atoms with Crippen LogP contribution in [0.25, 0.3) is 0 Å². The fourth-order valence-corrected chi connectivity index (χ4v) is 1.23. The number of hydrogen-bond acceptors (Lipinski definition) is 3. The maximum atomic E-state index is 11.2. The first-order valence-corrected chi connectivity index (χ1v) is 5.72. The largest absolute Gasteiger partial charge is 0.374 e. The smallest absolute Gasteiger partial charge is 0.321 e. The normalized spacial score (nSPS) is 11.0. The number of hydrogen-bond donors (Lipinski definition) is 2. The molecule has 0 spiro atoms. The van der Waals surface area contributed by atoms with Crippen molar-refractivity contribution in [2.45, 2.75) is 32.8 Å². The fourth-order valence-electron chi connectivity index (χ4n) is 1.05. The Labute approximate surface area is 101 Å². The van der Waals surface area contributed by atoms with E-state index in [-0.39, 0.29) is 18.2 Å². The van der Waals surface area contributed by atoms with E-state index in [1.807, 2.05) is 20.8 Å². The van der Waals surface area contributed by atoms with Crippen LogP contribution in [-0.4, -0.2) is 36.6 Å². The van der Waals surface area contributed by atoms with Gasteiger partial charge in [-0.15, -0.1) is 11.6 Å². The van der Waals surface area contributed by atoms with Crippen LogP contribution in [0.1, 0.15) is 27.2 Å². The number of rotatable bonds is 6. The van der Waals surface area contributed by atoms with Crippen molar-refractivity contribution in [1.29, 1.82) is 0 Å². The number of carbonyl (C=O) groups is 2. The van der Waals surface area contributed by atoms with Crippen molar-refractivity contribution in [3.8, 4) is 0 Å². The topological polar surface area (TPSA) is 67.4 Å². The second-order valence-electron chi connectivity index (χ2n) is 3.86. The number of nitrogens with one attached hydrogen (secondary N) is 2. The van der Waals surface area contributed by atoms with Crippen molar-refractivity contribution in [3.63, 3.8) is 0 Å². The van der Waals surface area contributed by atoms with Crippen LogP contribution < -0.4 is 10.6 Å². The van der Waals surface area contributed by atoms with Gasteiger partial charge in [0.2, 0.25) is 5.91 Å². The third-order valence-electron chi connectivity index (χ3n) is 1.78. The van der Waals surface area contributed by atoms with Gasteiger partial charge in [0.25, 0.3) is 0 Å². The molecule has 0 saturated carbocycles. The Balaban J connectivity index is 3.85. The van der Waals surface area contributed by atoms with Crippen molar-refractivity contribution >= 4 is 23.5 Å². The molecule has 0 fully saturated rings. The Morgan fingerprint density at radius 3 is 2.50 bits per heavy atom. The molecule has 0 aromatic rings. The number of amides is 3. The van der Waals surface area contributed by atoms with E-state index in [9.17, 15) is 9.59 Å². The van der Waals surface area contributed by atoms with Crippen LogP contribution >= 0.6 is 11.6 Å². The van der Waals surface area contributed by atoms with Crippen LogP contribution in [0.3, 0.4) is 0 Å². The molecule has 0 unspecified atom stereocenters. The summed E-state index contributed by atoms with van der Waals surface area (Å²) >= 11 is 5.36. The first kappa shape index (κ1) is 15.2. The lowest BCUT2D eigenvalue weighted by Crippen LogP contribution is -2.46. The monoisotopic (exact) mass is 250 g/mol. The van der Waals surface area contributed by atoms with Gasteiger partial charge in [0.1, 0.15) is 0 Å². The fraction of sp³-hybridized carbons (Fsp3) is 0.800. The first-order chi connectivity index (χ1) is 7.41. The molecule has 94 valence electrons. The molecule has 2 N–H and O–H groups in total. The van der Waals surface area contributed by atoms with Crippen LogP contribution in [0.5, 0.6) is 0 Å². The zero-order valence-electron chi connectivity index (χ0n) is 9.93. The Hall–Kier alpha value is -0.810. The van der Waals surface area contributed by atoms with Crippen LogP contribution in [0.4, 0.5) is 4.79 Å². The van der Waals surface area contributed by atoms with Crippen molar-refractivity contribution in [2.75, 3.05) is 19.0 Å². The molecule has 0 aliphatic rings. The molecule has 6 heteroatoms. The minimum atomic E-state index is -0.525. The summed E-state index contributed by atoms with van der Waals surface area (Å²) in [6.45, 7) is 6.50. The van der Waals surface area contributed by atoms with Gasteiger partial charge >= 0.3 is 6.03 Å². The zero-order valence-corrected chi connectivity index (χ0v) is 10.7. The summed E-state index contributed by atoms with van der Waals surface area (Å²) in [5.41, 5.74) is -0.443. The number of urea groups is 1. The van der Waals surface area contributed by atoms with Crippen LogP contribution in [0, 0.1) is 0 Å². The summed E-state index contributed by atoms with van der Waals surface area (Å²) in [5, 5.41) is 4.72. The third-order valence-corrected chi connectivity index (χ3v) is 1.97. The lowest BCUT2D eigenvalue weighted by molar-refractivity contribution is -0.119. The second-order valence-corrected chi connectivity index (χ2v) is 4.24. The highest BCUT2D eigenvalue weighted by Gasteiger charge is 2.18. The van der Waals surface area contributed by atoms with Gasteiger partial charge in [0, 0.05) is 25.5 Å². The maximum Gasteiger partial charge on any atom is 0.321 e. The first-order valence-electron chi connectivity index (χ1n) is 5.19. The molecule has 5 nitrogen and oxygen atoms in total. The summed E-state index contributed by atoms with van der Waals surface area (Å²) < 4.78 is 5.38. The standard InChI is InChI=1S/C10H19ClN2O3/c1-4-16-10(2,3)7-12-9(15)13-8(14)5-6-11/h4-7H2,1-3H3,(H2,12,13,14,15). The minimum Gasteiger partial charge on any atom is -0.374 e. The van der Waals surface area contributed by atoms with E-state index >= 15 is 0 Å². The molecule has 0 saturated heterocycles. The Bertz CT molecular complexity index is 244. The Morgan fingerprint density at radius 1 is 1.38 bits per heavy atom. The number of alkyl halides is 1. The van der Waals surface area contributed by atoms with Gasteiger partial charge in [-0.3, -0.25) is 10.1 Å². The lowest BCUT2D eigenvalue weighted by atomic mass is 10.1. The van der Waals surface area contributed by atoms with E-state index in [0.29, 0.717) is 13.2 Å². The highest BCUT2D eigenvalue weighted by atomic mass is 35.5. The molecule has 0 bridgehead atoms. The Kier molecular flexibility index (Phi) is 7.08. The molecule has 0 heterocycles. The van der Waals surface area contributed by atoms with E-state index < -0.39 is 11.6 Å². The van der Waals surface area contributed by atoms with E-state index in [4.69, 9.17) is 16.3 Å². The molecule has 0 aliphatic heterocycles. The quantitative estimate of drug-likeness (QED) is 0.698. The average Bonchev–Trinajstić information content (AvgIpc) is 2.15. The summed E-state index contributed by atoms with van der Waals surface area (Å²) in [4.78, 5) is 22.3. The number of ether oxygens (including phenoxy) is 1. The van der Waals surface area contributed by atoms with Gasteiger partial charge in [0.15, 0.2) is 0 Å². The second kappa shape index (κ2) is 7.46. The van der Waals surface area contributed by atoms with Gasteiger partial charge in [-0.05, 0) is 20.8 Å². The van der Waals surface area contributed by atoms with E-state index in [2.05, 4.69) is 10.6 Å². The van der Waals surface area contributed by atoms with Crippen LogP contribution in [-0.2, 0) is 9.53 Å². The summed E-state index contributed by atoms with van der Waals surface area (Å²) in [5.74, 6) is -0.189. The van der Waals surface area contributed by atoms with Gasteiger partial charge < -0.3 is 10.1 Å². The van der Waals surface area contributed by atoms with Crippen molar-refractivity contribution < 1.29 is 14.3 Å². The molecule has 0 radical (unpaired) electrons. The minimum absolute atomic E-state index is 0.129. The molecular formula is C10H19ClN2O3. The highest BCUT2D eigenvalue weighted by Crippen LogP contribution is 2.06. The molecular weight excluding hydrogens is 232 g/mol. The van der Waals surface area contributed by atoms with E-state index in [0.717, 1.165) is 0 Å². The van der Waals surface area contributed by atoms with Gasteiger partial charge in [-0.2, -0.15) is 0 Å². The van der Waals surface area contributed by atoms with Crippen LogP contribution in [0.15, 0.2) is 0 Å². The molecule has 16 heavy (non-hydrogen) atoms. The van der Waals surface area contributed by atoms with E-state index in [1.54, 1.807) is 0 Å². The summed E-state index contributed by atoms with van der Waals surface area (Å²) in [7, 11) is 0. The van der Waals surface area contributed by atoms with E-state index in [1.165, 1.54) is 0 Å². The summed E-state index contributed by atoms with van der Waals surface area (Å²) in [6, 6.07) is -0.525. The third kappa shape index (κ3) is 7.48. The van der Waals surface area contributed by atoms with Gasteiger partial charge in [-0.25, -0.2) is 4.79 Å². The average molecular weight is 251 g/mol. The lowest BCUT2D eigenvalue weighted by Gasteiger charge is -2.24. The summed E-state index contributed by atoms with van der Waals surface area (Å²) in [6.07, 6.45) is 0.129. The maximum absolute atomic E-state index is 11.2. The van der Waals surface area contributed by atoms with Gasteiger partial charge in [0.05, 0.1) is 5.60 Å². The molecule has 0 aliphatic carbocycles. The SMILES string of the molecule is CCOC(C)(C)CNC(=O)NC(=O)CCCl. The van der Waals surface area contributed by atoms with Gasteiger partial charge in [-0.1, -0.05) is 0 Å². The molecule has 0 atom stereocenters. The predicted octanol–water partition coefficient (Wildman–Crippen LogP) is 1.26. The predicted molar refractivity (Wildman–Crippen MR) is 62.6 cm³/mol. The Morgan fingerprint density at radius 2 is 2.00 bits per heavy atom. The zero-order chi connectivity index (χ0) is 12.6. The van der Waals surface area contributed by atoms with Crippen molar-refractivity contribution in [2.24, 2.45) is 0 Å². The number of carbonyl (C=O) groups excluding carboxylic acids is 2. The van der Waals surface area contributed by atoms with Crippen molar-refractivity contribution in [1.82, 2.24) is 10.6 Å².